The van der Waals surface area contributed by atoms with Crippen molar-refractivity contribution < 1.29 is 4.39 Å². The third-order valence-electron chi connectivity index (χ3n) is 4.07. The Morgan fingerprint density at radius 2 is 2.05 bits per heavy atom. The van der Waals surface area contributed by atoms with E-state index in [1.807, 2.05) is 13.0 Å². The maximum Gasteiger partial charge on any atom is 0.139 e. The van der Waals surface area contributed by atoms with Crippen LogP contribution in [-0.4, -0.2) is 24.7 Å². The van der Waals surface area contributed by atoms with E-state index in [4.69, 9.17) is 0 Å². The lowest BCUT2D eigenvalue weighted by atomic mass is 9.92. The fraction of sp³-hybridized carbons (Fsp3) is 0.625. The van der Waals surface area contributed by atoms with Crippen molar-refractivity contribution in [1.82, 2.24) is 5.32 Å². The van der Waals surface area contributed by atoms with E-state index in [1.165, 1.54) is 0 Å². The molecule has 0 spiro atoms. The standard InChI is InChI=1S/C16H24BrFN2/c1-10(2)15-8-19-16(4,5)9-20(15)14-7-13(18)12(17)6-11(14)3/h6-7,10,15,19H,8-9H2,1-5H3. The molecule has 1 aliphatic rings. The molecule has 112 valence electrons. The number of anilines is 1. The minimum atomic E-state index is -0.190. The maximum atomic E-state index is 13.9. The number of piperazine rings is 1. The molecule has 1 N–H and O–H groups in total. The third kappa shape index (κ3) is 3.17. The van der Waals surface area contributed by atoms with Crippen molar-refractivity contribution >= 4 is 21.6 Å². The second-order valence-corrected chi connectivity index (χ2v) is 7.61. The Bertz CT molecular complexity index is 499. The van der Waals surface area contributed by atoms with Gasteiger partial charge >= 0.3 is 0 Å². The van der Waals surface area contributed by atoms with Crippen LogP contribution in [0.4, 0.5) is 10.1 Å². The highest BCUT2D eigenvalue weighted by atomic mass is 79.9. The molecule has 4 heteroatoms. The van der Waals surface area contributed by atoms with Gasteiger partial charge in [0.1, 0.15) is 5.82 Å². The van der Waals surface area contributed by atoms with Gasteiger partial charge in [0.05, 0.1) is 4.47 Å². The van der Waals surface area contributed by atoms with Gasteiger partial charge in [-0.05, 0) is 60.3 Å². The van der Waals surface area contributed by atoms with Gasteiger partial charge in [0.25, 0.3) is 0 Å². The average molecular weight is 343 g/mol. The van der Waals surface area contributed by atoms with Crippen molar-refractivity contribution in [3.63, 3.8) is 0 Å². The van der Waals surface area contributed by atoms with Crippen molar-refractivity contribution in [2.24, 2.45) is 5.92 Å². The Labute approximate surface area is 129 Å². The molecule has 0 bridgehead atoms. The summed E-state index contributed by atoms with van der Waals surface area (Å²) < 4.78 is 14.5. The number of nitrogens with zero attached hydrogens (tertiary/aromatic N) is 1. The zero-order chi connectivity index (χ0) is 15.1. The maximum absolute atomic E-state index is 13.9. The van der Waals surface area contributed by atoms with Gasteiger partial charge in [0.2, 0.25) is 0 Å². The van der Waals surface area contributed by atoms with E-state index in [2.05, 4.69) is 53.8 Å². The van der Waals surface area contributed by atoms with E-state index in [-0.39, 0.29) is 11.4 Å². The fourth-order valence-electron chi connectivity index (χ4n) is 2.89. The van der Waals surface area contributed by atoms with Crippen LogP contribution >= 0.6 is 15.9 Å². The molecule has 0 aliphatic carbocycles. The summed E-state index contributed by atoms with van der Waals surface area (Å²) in [6.07, 6.45) is 0. The number of halogens is 2. The first-order valence-electron chi connectivity index (χ1n) is 7.18. The molecule has 1 aliphatic heterocycles. The first kappa shape index (κ1) is 15.8. The molecule has 20 heavy (non-hydrogen) atoms. The summed E-state index contributed by atoms with van der Waals surface area (Å²) in [5.74, 6) is 0.328. The van der Waals surface area contributed by atoms with Crippen molar-refractivity contribution in [2.75, 3.05) is 18.0 Å². The SMILES string of the molecule is Cc1cc(Br)c(F)cc1N1CC(C)(C)NCC1C(C)C. The Morgan fingerprint density at radius 3 is 2.65 bits per heavy atom. The topological polar surface area (TPSA) is 15.3 Å². The molecule has 1 heterocycles. The molecular formula is C16H24BrFN2. The number of nitrogens with one attached hydrogen (secondary N) is 1. The number of hydrogen-bond acceptors (Lipinski definition) is 2. The Morgan fingerprint density at radius 1 is 1.40 bits per heavy atom. The number of benzene rings is 1. The largest absolute Gasteiger partial charge is 0.365 e. The summed E-state index contributed by atoms with van der Waals surface area (Å²) in [5, 5.41) is 3.59. The van der Waals surface area contributed by atoms with Crippen molar-refractivity contribution in [2.45, 2.75) is 46.2 Å². The van der Waals surface area contributed by atoms with Crippen molar-refractivity contribution in [3.8, 4) is 0 Å². The summed E-state index contributed by atoms with van der Waals surface area (Å²) in [4.78, 5) is 2.37. The lowest BCUT2D eigenvalue weighted by Gasteiger charge is -2.48. The second-order valence-electron chi connectivity index (χ2n) is 6.76. The predicted octanol–water partition coefficient (Wildman–Crippen LogP) is 4.11. The van der Waals surface area contributed by atoms with Crippen LogP contribution in [0, 0.1) is 18.7 Å². The highest BCUT2D eigenvalue weighted by Crippen LogP contribution is 2.32. The van der Waals surface area contributed by atoms with Gasteiger partial charge in [0.15, 0.2) is 0 Å². The fourth-order valence-corrected chi connectivity index (χ4v) is 3.35. The predicted molar refractivity (Wildman–Crippen MR) is 86.9 cm³/mol. The zero-order valence-corrected chi connectivity index (χ0v) is 14.5. The smallest absolute Gasteiger partial charge is 0.139 e. The normalized spacial score (nSPS) is 22.4. The zero-order valence-electron chi connectivity index (χ0n) is 12.9. The minimum Gasteiger partial charge on any atom is -0.365 e. The van der Waals surface area contributed by atoms with Gasteiger partial charge in [-0.1, -0.05) is 13.8 Å². The molecule has 2 nitrogen and oxygen atoms in total. The molecule has 2 rings (SSSR count). The average Bonchev–Trinajstić information content (AvgIpc) is 2.32. The van der Waals surface area contributed by atoms with Crippen LogP contribution in [0.2, 0.25) is 0 Å². The molecule has 1 atom stereocenters. The first-order chi connectivity index (χ1) is 9.21. The Hall–Kier alpha value is -0.610. The van der Waals surface area contributed by atoms with Crippen LogP contribution in [0.5, 0.6) is 0 Å². The second kappa shape index (κ2) is 5.64. The van der Waals surface area contributed by atoms with Crippen LogP contribution in [0.25, 0.3) is 0 Å². The van der Waals surface area contributed by atoms with E-state index in [0.29, 0.717) is 16.4 Å². The summed E-state index contributed by atoms with van der Waals surface area (Å²) in [6.45, 7) is 12.7. The molecule has 1 aromatic rings. The van der Waals surface area contributed by atoms with Gasteiger partial charge in [-0.2, -0.15) is 0 Å². The number of hydrogen-bond donors (Lipinski definition) is 1. The van der Waals surface area contributed by atoms with Crippen molar-refractivity contribution in [3.05, 3.63) is 28.0 Å². The van der Waals surface area contributed by atoms with E-state index in [9.17, 15) is 4.39 Å². The van der Waals surface area contributed by atoms with Crippen LogP contribution in [0.1, 0.15) is 33.3 Å². The molecule has 1 fully saturated rings. The minimum absolute atomic E-state index is 0.0430. The summed E-state index contributed by atoms with van der Waals surface area (Å²) in [6, 6.07) is 3.93. The van der Waals surface area contributed by atoms with Gasteiger partial charge in [0, 0.05) is 30.4 Å². The molecule has 1 unspecified atom stereocenters. The van der Waals surface area contributed by atoms with Crippen molar-refractivity contribution in [1.29, 1.82) is 0 Å². The summed E-state index contributed by atoms with van der Waals surface area (Å²) in [5.41, 5.74) is 2.17. The molecule has 1 aromatic carbocycles. The summed E-state index contributed by atoms with van der Waals surface area (Å²) >= 11 is 3.26. The molecule has 0 amide bonds. The van der Waals surface area contributed by atoms with Crippen LogP contribution < -0.4 is 10.2 Å². The first-order valence-corrected chi connectivity index (χ1v) is 7.98. The molecule has 0 radical (unpaired) electrons. The van der Waals surface area contributed by atoms with Crippen LogP contribution in [0.3, 0.4) is 0 Å². The van der Waals surface area contributed by atoms with E-state index >= 15 is 0 Å². The van der Waals surface area contributed by atoms with E-state index < -0.39 is 0 Å². The molecule has 1 saturated heterocycles. The summed E-state index contributed by atoms with van der Waals surface area (Å²) in [7, 11) is 0. The van der Waals surface area contributed by atoms with E-state index in [0.717, 1.165) is 24.3 Å². The van der Waals surface area contributed by atoms with Crippen LogP contribution in [0.15, 0.2) is 16.6 Å². The molecular weight excluding hydrogens is 319 g/mol. The van der Waals surface area contributed by atoms with Gasteiger partial charge in [-0.25, -0.2) is 4.39 Å². The molecule has 0 aromatic heterocycles. The number of aryl methyl sites for hydroxylation is 1. The lowest BCUT2D eigenvalue weighted by molar-refractivity contribution is 0.277. The number of rotatable bonds is 2. The van der Waals surface area contributed by atoms with Gasteiger partial charge in [-0.15, -0.1) is 0 Å². The monoisotopic (exact) mass is 342 g/mol. The van der Waals surface area contributed by atoms with Gasteiger partial charge < -0.3 is 10.2 Å². The lowest BCUT2D eigenvalue weighted by Crippen LogP contribution is -2.63. The van der Waals surface area contributed by atoms with Gasteiger partial charge in [-0.3, -0.25) is 0 Å². The highest BCUT2D eigenvalue weighted by molar-refractivity contribution is 9.10. The highest BCUT2D eigenvalue weighted by Gasteiger charge is 2.34. The quantitative estimate of drug-likeness (QED) is 0.869. The Balaban J connectivity index is 2.43. The molecule has 0 saturated carbocycles. The Kier molecular flexibility index (Phi) is 4.45. The van der Waals surface area contributed by atoms with Crippen LogP contribution in [-0.2, 0) is 0 Å². The van der Waals surface area contributed by atoms with E-state index in [1.54, 1.807) is 6.07 Å². The third-order valence-corrected chi connectivity index (χ3v) is 4.68.